The van der Waals surface area contributed by atoms with Crippen molar-refractivity contribution in [2.24, 2.45) is 0 Å². The van der Waals surface area contributed by atoms with Gasteiger partial charge in [0, 0.05) is 44.9 Å². The molecule has 0 fully saturated rings. The summed E-state index contributed by atoms with van der Waals surface area (Å²) in [6, 6.07) is 5.98. The van der Waals surface area contributed by atoms with Crippen LogP contribution in [0.15, 0.2) is 60.5 Å². The molecule has 0 aliphatic carbocycles. The van der Waals surface area contributed by atoms with Gasteiger partial charge in [0.05, 0.1) is 11.7 Å². The summed E-state index contributed by atoms with van der Waals surface area (Å²) in [5.41, 5.74) is 2.17. The largest absolute Gasteiger partial charge is 0.368 e. The lowest BCUT2D eigenvalue weighted by molar-refractivity contribution is -0.137. The number of nitrogens with zero attached hydrogens (tertiary/aromatic N) is 3. The first-order chi connectivity index (χ1) is 13.5. The predicted molar refractivity (Wildman–Crippen MR) is 105 cm³/mol. The van der Waals surface area contributed by atoms with Gasteiger partial charge in [-0.3, -0.25) is 24.3 Å². The highest BCUT2D eigenvalue weighted by molar-refractivity contribution is 6.12. The first kappa shape index (κ1) is 19.5. The molecule has 2 aliphatic heterocycles. The predicted octanol–water partition coefficient (Wildman–Crippen LogP) is 1.72. The van der Waals surface area contributed by atoms with Crippen molar-refractivity contribution in [1.29, 1.82) is 0 Å². The second-order valence-corrected chi connectivity index (χ2v) is 6.79. The number of imide groups is 1. The third-order valence-corrected chi connectivity index (χ3v) is 4.75. The normalized spacial score (nSPS) is 18.6. The van der Waals surface area contributed by atoms with Gasteiger partial charge >= 0.3 is 0 Å². The molecule has 7 heteroatoms. The van der Waals surface area contributed by atoms with Crippen molar-refractivity contribution >= 4 is 17.7 Å². The van der Waals surface area contributed by atoms with Gasteiger partial charge in [0.2, 0.25) is 5.91 Å². The first-order valence-corrected chi connectivity index (χ1v) is 9.36. The minimum atomic E-state index is -0.331. The van der Waals surface area contributed by atoms with Gasteiger partial charge in [-0.2, -0.15) is 0 Å². The minimum absolute atomic E-state index is 0.0779. The van der Waals surface area contributed by atoms with Gasteiger partial charge in [-0.25, -0.2) is 0 Å². The van der Waals surface area contributed by atoms with Gasteiger partial charge in [0.1, 0.15) is 0 Å². The number of carbonyl (C=O) groups excluding carboxylic acids is 3. The summed E-state index contributed by atoms with van der Waals surface area (Å²) < 4.78 is 0. The SMILES string of the molecule is CN1C=CC(CCCC(=O)NCCN2C(=O)C=CC2=O)=CC1c1ccccn1. The van der Waals surface area contributed by atoms with Crippen molar-refractivity contribution in [2.45, 2.75) is 25.3 Å². The van der Waals surface area contributed by atoms with Gasteiger partial charge in [-0.15, -0.1) is 0 Å². The average Bonchev–Trinajstić information content (AvgIpc) is 3.02. The quantitative estimate of drug-likeness (QED) is 0.695. The zero-order valence-corrected chi connectivity index (χ0v) is 15.9. The molecule has 0 radical (unpaired) electrons. The van der Waals surface area contributed by atoms with Gasteiger partial charge in [-0.05, 0) is 42.8 Å². The average molecular weight is 380 g/mol. The molecule has 146 valence electrons. The Morgan fingerprint density at radius 1 is 1.18 bits per heavy atom. The molecule has 3 heterocycles. The number of hydrogen-bond acceptors (Lipinski definition) is 5. The van der Waals surface area contributed by atoms with Crippen LogP contribution in [-0.2, 0) is 14.4 Å². The smallest absolute Gasteiger partial charge is 0.253 e. The maximum atomic E-state index is 12.0. The highest BCUT2D eigenvalue weighted by Crippen LogP contribution is 2.27. The Morgan fingerprint density at radius 3 is 2.68 bits per heavy atom. The van der Waals surface area contributed by atoms with Crippen LogP contribution in [0.3, 0.4) is 0 Å². The summed E-state index contributed by atoms with van der Waals surface area (Å²) in [5, 5.41) is 2.76. The molecule has 1 aromatic rings. The lowest BCUT2D eigenvalue weighted by atomic mass is 10.00. The van der Waals surface area contributed by atoms with Crippen LogP contribution in [0.2, 0.25) is 0 Å². The van der Waals surface area contributed by atoms with E-state index in [9.17, 15) is 14.4 Å². The second-order valence-electron chi connectivity index (χ2n) is 6.79. The van der Waals surface area contributed by atoms with Crippen LogP contribution in [0.25, 0.3) is 0 Å². The maximum absolute atomic E-state index is 12.0. The zero-order chi connectivity index (χ0) is 19.9. The van der Waals surface area contributed by atoms with E-state index >= 15 is 0 Å². The van der Waals surface area contributed by atoms with Gasteiger partial charge in [-0.1, -0.05) is 12.1 Å². The summed E-state index contributed by atoms with van der Waals surface area (Å²) in [6.07, 6.45) is 12.5. The number of hydrogen-bond donors (Lipinski definition) is 1. The van der Waals surface area contributed by atoms with Crippen molar-refractivity contribution in [1.82, 2.24) is 20.1 Å². The molecule has 1 unspecified atom stereocenters. The monoisotopic (exact) mass is 380 g/mol. The third kappa shape index (κ3) is 4.94. The number of allylic oxidation sites excluding steroid dienone is 2. The first-order valence-electron chi connectivity index (χ1n) is 9.36. The highest BCUT2D eigenvalue weighted by Gasteiger charge is 2.22. The van der Waals surface area contributed by atoms with Crippen molar-refractivity contribution < 1.29 is 14.4 Å². The van der Waals surface area contributed by atoms with Crippen molar-refractivity contribution in [3.8, 4) is 0 Å². The van der Waals surface area contributed by atoms with Gasteiger partial charge in [0.25, 0.3) is 11.8 Å². The van der Waals surface area contributed by atoms with Gasteiger partial charge in [0.15, 0.2) is 0 Å². The molecule has 2 aliphatic rings. The molecule has 28 heavy (non-hydrogen) atoms. The van der Waals surface area contributed by atoms with Crippen molar-refractivity contribution in [2.75, 3.05) is 20.1 Å². The summed E-state index contributed by atoms with van der Waals surface area (Å²) in [6.45, 7) is 0.468. The Morgan fingerprint density at radius 2 is 1.96 bits per heavy atom. The molecule has 3 amide bonds. The number of pyridine rings is 1. The lowest BCUT2D eigenvalue weighted by Gasteiger charge is -2.27. The van der Waals surface area contributed by atoms with E-state index in [0.29, 0.717) is 6.42 Å². The van der Waals surface area contributed by atoms with E-state index < -0.39 is 0 Å². The van der Waals surface area contributed by atoms with E-state index in [2.05, 4.69) is 27.4 Å². The van der Waals surface area contributed by atoms with Crippen molar-refractivity contribution in [3.63, 3.8) is 0 Å². The van der Waals surface area contributed by atoms with E-state index in [1.165, 1.54) is 17.7 Å². The van der Waals surface area contributed by atoms with E-state index in [-0.39, 0.29) is 36.9 Å². The topological polar surface area (TPSA) is 82.6 Å². The number of carbonyl (C=O) groups is 3. The van der Waals surface area contributed by atoms with E-state index in [1.54, 1.807) is 6.20 Å². The fourth-order valence-corrected chi connectivity index (χ4v) is 3.19. The van der Waals surface area contributed by atoms with Crippen LogP contribution in [-0.4, -0.2) is 52.6 Å². The van der Waals surface area contributed by atoms with E-state index in [0.717, 1.165) is 23.4 Å². The second kappa shape index (κ2) is 9.12. The standard InChI is InChI=1S/C21H24N4O3/c1-24-13-10-16(15-18(24)17-6-2-3-11-22-17)5-4-7-19(26)23-12-14-25-20(27)8-9-21(25)28/h2-3,6,8-11,13,15,18H,4-5,7,12,14H2,1H3,(H,23,26). The number of nitrogens with one attached hydrogen (secondary N) is 1. The summed E-state index contributed by atoms with van der Waals surface area (Å²) >= 11 is 0. The van der Waals surface area contributed by atoms with Crippen LogP contribution >= 0.6 is 0 Å². The van der Waals surface area contributed by atoms with Crippen LogP contribution in [0.5, 0.6) is 0 Å². The Bertz CT molecular complexity index is 811. The van der Waals surface area contributed by atoms with Crippen molar-refractivity contribution in [3.05, 3.63) is 66.2 Å². The van der Waals surface area contributed by atoms with Crippen LogP contribution in [0, 0.1) is 0 Å². The molecular formula is C21H24N4O3. The molecule has 0 saturated carbocycles. The minimum Gasteiger partial charge on any atom is -0.368 e. The fourth-order valence-electron chi connectivity index (χ4n) is 3.19. The Balaban J connectivity index is 1.40. The van der Waals surface area contributed by atoms with E-state index in [4.69, 9.17) is 0 Å². The lowest BCUT2D eigenvalue weighted by Crippen LogP contribution is -2.38. The highest BCUT2D eigenvalue weighted by atomic mass is 16.2. The molecule has 1 atom stereocenters. The van der Waals surface area contributed by atoms with Crippen LogP contribution in [0.1, 0.15) is 31.0 Å². The number of likely N-dealkylation sites (N-methyl/N-ethyl adjacent to an activating group) is 1. The Labute approximate surface area is 164 Å². The summed E-state index contributed by atoms with van der Waals surface area (Å²) in [5.74, 6) is -0.740. The van der Waals surface area contributed by atoms with Crippen LogP contribution < -0.4 is 5.32 Å². The molecular weight excluding hydrogens is 356 g/mol. The molecule has 1 N–H and O–H groups in total. The van der Waals surface area contributed by atoms with Crippen LogP contribution in [0.4, 0.5) is 0 Å². The number of aromatic nitrogens is 1. The number of rotatable bonds is 8. The van der Waals surface area contributed by atoms with Gasteiger partial charge < -0.3 is 10.2 Å². The maximum Gasteiger partial charge on any atom is 0.253 e. The molecule has 0 bridgehead atoms. The summed E-state index contributed by atoms with van der Waals surface area (Å²) in [7, 11) is 2.02. The molecule has 0 aromatic carbocycles. The molecule has 0 saturated heterocycles. The molecule has 1 aromatic heterocycles. The zero-order valence-electron chi connectivity index (χ0n) is 15.9. The molecule has 0 spiro atoms. The molecule has 3 rings (SSSR count). The fraction of sp³-hybridized carbons (Fsp3) is 0.333. The molecule has 7 nitrogen and oxygen atoms in total. The third-order valence-electron chi connectivity index (χ3n) is 4.75. The van der Waals surface area contributed by atoms with E-state index in [1.807, 2.05) is 31.4 Å². The Hall–Kier alpha value is -3.22. The Kier molecular flexibility index (Phi) is 6.37. The summed E-state index contributed by atoms with van der Waals surface area (Å²) in [4.78, 5) is 42.5. The number of amides is 3.